The van der Waals surface area contributed by atoms with E-state index < -0.39 is 47.4 Å². The first kappa shape index (κ1) is 22.7. The number of allylic oxidation sites excluding steroid dienone is 1. The number of Topliss-reactive ketones (excluding diaryl/α,β-unsaturated/α-hetero) is 1. The van der Waals surface area contributed by atoms with Gasteiger partial charge in [-0.25, -0.2) is 14.5 Å². The predicted molar refractivity (Wildman–Crippen MR) is 123 cm³/mol. The zero-order valence-corrected chi connectivity index (χ0v) is 19.3. The normalized spacial score (nSPS) is 22.9. The second-order valence-electron chi connectivity index (χ2n) is 7.95. The molecule has 2 aromatic rings. The number of hydrogen-bond acceptors (Lipinski definition) is 10. The Labute approximate surface area is 202 Å². The van der Waals surface area contributed by atoms with E-state index in [1.54, 1.807) is 25.1 Å². The molecule has 0 spiro atoms. The van der Waals surface area contributed by atoms with E-state index >= 15 is 0 Å². The van der Waals surface area contributed by atoms with Crippen molar-refractivity contribution in [2.45, 2.75) is 13.0 Å². The van der Waals surface area contributed by atoms with E-state index in [-0.39, 0.29) is 45.3 Å². The number of methoxy groups -OCH3 is 1. The molecule has 2 aliphatic heterocycles. The number of aliphatic imine (C=N–C) groups is 1. The van der Waals surface area contributed by atoms with Crippen LogP contribution in [0, 0.1) is 11.8 Å². The largest absolute Gasteiger partial charge is 0.506 e. The van der Waals surface area contributed by atoms with Gasteiger partial charge in [0.15, 0.2) is 11.8 Å². The second-order valence-corrected chi connectivity index (χ2v) is 8.87. The van der Waals surface area contributed by atoms with E-state index in [9.17, 15) is 29.1 Å². The van der Waals surface area contributed by atoms with Crippen molar-refractivity contribution in [2.75, 3.05) is 18.6 Å². The minimum Gasteiger partial charge on any atom is -0.506 e. The molecule has 1 fully saturated rings. The third kappa shape index (κ3) is 3.15. The second kappa shape index (κ2) is 8.27. The lowest BCUT2D eigenvalue weighted by molar-refractivity contribution is -0.147. The van der Waals surface area contributed by atoms with Gasteiger partial charge in [-0.15, -0.1) is 11.3 Å². The monoisotopic (exact) mass is 494 g/mol. The van der Waals surface area contributed by atoms with Gasteiger partial charge in [-0.05, 0) is 18.4 Å². The number of imide groups is 1. The van der Waals surface area contributed by atoms with Crippen molar-refractivity contribution >= 4 is 58.0 Å². The average molecular weight is 494 g/mol. The number of fused-ring (bicyclic) bond motifs is 2. The fraction of sp³-hybridized carbons (Fsp3) is 0.250. The van der Waals surface area contributed by atoms with Gasteiger partial charge in [-0.2, -0.15) is 0 Å². The number of ketones is 1. The Morgan fingerprint density at radius 3 is 2.49 bits per heavy atom. The van der Waals surface area contributed by atoms with Crippen LogP contribution in [0.25, 0.3) is 5.76 Å². The van der Waals surface area contributed by atoms with Gasteiger partial charge in [0.1, 0.15) is 10.6 Å². The minimum absolute atomic E-state index is 0.0127. The lowest BCUT2D eigenvalue weighted by atomic mass is 9.85. The number of rotatable bonds is 5. The number of amides is 2. The Morgan fingerprint density at radius 1 is 1.11 bits per heavy atom. The van der Waals surface area contributed by atoms with Gasteiger partial charge in [0, 0.05) is 11.1 Å². The van der Waals surface area contributed by atoms with E-state index in [1.807, 2.05) is 0 Å². The number of carbonyl (C=O) groups is 5. The van der Waals surface area contributed by atoms with Gasteiger partial charge in [0.25, 0.3) is 0 Å². The maximum absolute atomic E-state index is 13.6. The summed E-state index contributed by atoms with van der Waals surface area (Å²) in [6.45, 7) is 1.60. The summed E-state index contributed by atoms with van der Waals surface area (Å²) >= 11 is 0.989. The molecule has 3 heterocycles. The Hall–Kier alpha value is -4.12. The molecule has 1 saturated heterocycles. The highest BCUT2D eigenvalue weighted by atomic mass is 32.1. The first-order valence-corrected chi connectivity index (χ1v) is 11.5. The van der Waals surface area contributed by atoms with Crippen molar-refractivity contribution in [1.29, 1.82) is 0 Å². The summed E-state index contributed by atoms with van der Waals surface area (Å²) in [5.74, 6) is -6.65. The number of hydrogen-bond donors (Lipinski definition) is 1. The number of thiophene rings is 1. The van der Waals surface area contributed by atoms with Crippen LogP contribution in [0.1, 0.15) is 32.5 Å². The number of aliphatic hydroxyl groups is 1. The van der Waals surface area contributed by atoms with Crippen molar-refractivity contribution in [3.05, 3.63) is 57.3 Å². The van der Waals surface area contributed by atoms with Crippen LogP contribution >= 0.6 is 11.3 Å². The fourth-order valence-electron chi connectivity index (χ4n) is 4.72. The van der Waals surface area contributed by atoms with Crippen LogP contribution in [-0.4, -0.2) is 60.1 Å². The molecule has 1 aromatic heterocycles. The number of anilines is 1. The molecule has 0 unspecified atom stereocenters. The quantitative estimate of drug-likeness (QED) is 0.493. The topological polar surface area (TPSA) is 140 Å². The van der Waals surface area contributed by atoms with Crippen LogP contribution < -0.4 is 4.90 Å². The number of esters is 2. The van der Waals surface area contributed by atoms with E-state index in [0.717, 1.165) is 16.2 Å². The zero-order chi connectivity index (χ0) is 25.0. The van der Waals surface area contributed by atoms with Crippen LogP contribution in [0.2, 0.25) is 0 Å². The highest BCUT2D eigenvalue weighted by Crippen LogP contribution is 2.45. The van der Waals surface area contributed by atoms with Gasteiger partial charge in [0.05, 0.1) is 42.5 Å². The van der Waals surface area contributed by atoms with Gasteiger partial charge < -0.3 is 14.6 Å². The minimum atomic E-state index is -1.39. The average Bonchev–Trinajstić information content (AvgIpc) is 3.59. The van der Waals surface area contributed by atoms with E-state index in [1.165, 1.54) is 24.6 Å². The van der Waals surface area contributed by atoms with Gasteiger partial charge in [-0.1, -0.05) is 24.3 Å². The third-order valence-corrected chi connectivity index (χ3v) is 7.08. The molecule has 0 bridgehead atoms. The predicted octanol–water partition coefficient (Wildman–Crippen LogP) is 2.19. The number of nitrogens with zero attached hydrogens (tertiary/aromatic N) is 2. The summed E-state index contributed by atoms with van der Waals surface area (Å²) in [5.41, 5.74) is 0.133. The Bertz CT molecular complexity index is 1390. The summed E-state index contributed by atoms with van der Waals surface area (Å²) in [6, 6.07) is 6.38. The molecule has 0 saturated carbocycles. The first-order valence-electron chi connectivity index (χ1n) is 10.7. The fourth-order valence-corrected chi connectivity index (χ4v) is 5.51. The van der Waals surface area contributed by atoms with Crippen LogP contribution in [0.4, 0.5) is 5.69 Å². The molecule has 11 heteroatoms. The van der Waals surface area contributed by atoms with Crippen LogP contribution in [0.15, 0.2) is 46.3 Å². The summed E-state index contributed by atoms with van der Waals surface area (Å²) in [6.07, 6.45) is 0. The maximum atomic E-state index is 13.6. The standard InChI is InChI=1S/C24H18N2O8S/c1-3-34-23(31)17-14-13(16(25-17)15-18(27)10-6-4-5-7-11(10)19(15)28)21(29)26(22(14)30)12-8-9-35-20(12)24(32)33-2/h4-9,13-14,17,27H,3H2,1-2H3/t13-,14-,17+/m1/s1. The highest BCUT2D eigenvalue weighted by molar-refractivity contribution is 7.12. The van der Waals surface area contributed by atoms with Gasteiger partial charge in [-0.3, -0.25) is 19.4 Å². The lowest BCUT2D eigenvalue weighted by Gasteiger charge is -2.17. The van der Waals surface area contributed by atoms with Crippen LogP contribution in [0.5, 0.6) is 0 Å². The van der Waals surface area contributed by atoms with E-state index in [4.69, 9.17) is 9.47 Å². The van der Waals surface area contributed by atoms with Crippen molar-refractivity contribution in [1.82, 2.24) is 0 Å². The molecule has 0 radical (unpaired) electrons. The molecular formula is C24H18N2O8S. The Balaban J connectivity index is 1.64. The smallest absolute Gasteiger partial charge is 0.350 e. The number of aliphatic hydroxyl groups excluding tert-OH is 1. The zero-order valence-electron chi connectivity index (χ0n) is 18.5. The van der Waals surface area contributed by atoms with Crippen molar-refractivity contribution in [2.24, 2.45) is 16.8 Å². The molecule has 3 atom stereocenters. The molecular weight excluding hydrogens is 476 g/mol. The van der Waals surface area contributed by atoms with Crippen LogP contribution in [0.3, 0.4) is 0 Å². The Kier molecular flexibility index (Phi) is 5.36. The Morgan fingerprint density at radius 2 is 1.83 bits per heavy atom. The third-order valence-electron chi connectivity index (χ3n) is 6.20. The molecule has 178 valence electrons. The summed E-state index contributed by atoms with van der Waals surface area (Å²) < 4.78 is 9.84. The van der Waals surface area contributed by atoms with E-state index in [0.29, 0.717) is 0 Å². The molecule has 10 nitrogen and oxygen atoms in total. The number of benzene rings is 1. The summed E-state index contributed by atoms with van der Waals surface area (Å²) in [7, 11) is 1.17. The number of ether oxygens (including phenoxy) is 2. The molecule has 1 N–H and O–H groups in total. The van der Waals surface area contributed by atoms with Crippen molar-refractivity contribution in [3.8, 4) is 0 Å². The van der Waals surface area contributed by atoms with E-state index in [2.05, 4.69) is 4.99 Å². The van der Waals surface area contributed by atoms with Crippen molar-refractivity contribution < 1.29 is 38.6 Å². The highest BCUT2D eigenvalue weighted by Gasteiger charge is 2.61. The van der Waals surface area contributed by atoms with Gasteiger partial charge >= 0.3 is 11.9 Å². The molecule has 2 amide bonds. The molecule has 1 aliphatic carbocycles. The van der Waals surface area contributed by atoms with Crippen LogP contribution in [-0.2, 0) is 23.9 Å². The summed E-state index contributed by atoms with van der Waals surface area (Å²) in [4.78, 5) is 70.5. The summed E-state index contributed by atoms with van der Waals surface area (Å²) in [5, 5.41) is 12.4. The first-order chi connectivity index (χ1) is 16.8. The number of carbonyl (C=O) groups excluding carboxylic acids is 5. The SMILES string of the molecule is CCOC(=O)[C@H]1N=C(C2=C(O)c3ccccc3C2=O)[C@@H]2C(=O)N(c3ccsc3C(=O)OC)C(=O)[C@H]21. The maximum Gasteiger partial charge on any atom is 0.350 e. The molecule has 1 aromatic carbocycles. The van der Waals surface area contributed by atoms with Gasteiger partial charge in [0.2, 0.25) is 11.8 Å². The molecule has 3 aliphatic rings. The molecule has 5 rings (SSSR count). The van der Waals surface area contributed by atoms with Crippen molar-refractivity contribution in [3.63, 3.8) is 0 Å². The lowest BCUT2D eigenvalue weighted by Crippen LogP contribution is -2.37. The molecule has 35 heavy (non-hydrogen) atoms.